The lowest BCUT2D eigenvalue weighted by atomic mass is 10.1. The van der Waals surface area contributed by atoms with E-state index >= 15 is 0 Å². The number of nitrogens with one attached hydrogen (secondary N) is 2. The predicted molar refractivity (Wildman–Crippen MR) is 124 cm³/mol. The van der Waals surface area contributed by atoms with Gasteiger partial charge in [0.25, 0.3) is 0 Å². The topological polar surface area (TPSA) is 79.4 Å². The van der Waals surface area contributed by atoms with Crippen molar-refractivity contribution < 1.29 is 0 Å². The zero-order chi connectivity index (χ0) is 20.9. The fraction of sp³-hybridized carbons (Fsp3) is 0.217. The van der Waals surface area contributed by atoms with Crippen molar-refractivity contribution in [3.63, 3.8) is 0 Å². The van der Waals surface area contributed by atoms with E-state index in [1.165, 1.54) is 0 Å². The third-order valence-electron chi connectivity index (χ3n) is 4.69. The second-order valence-electron chi connectivity index (χ2n) is 7.21. The number of hydrogen-bond acceptors (Lipinski definition) is 6. The molecule has 152 valence electrons. The van der Waals surface area contributed by atoms with E-state index < -0.39 is 0 Å². The van der Waals surface area contributed by atoms with Crippen molar-refractivity contribution in [1.82, 2.24) is 25.1 Å². The number of thioether (sulfide) groups is 1. The molecule has 0 saturated heterocycles. The van der Waals surface area contributed by atoms with E-state index in [9.17, 15) is 0 Å². The van der Waals surface area contributed by atoms with E-state index in [0.717, 1.165) is 50.3 Å². The average Bonchev–Trinajstić information content (AvgIpc) is 3.21. The molecule has 0 fully saturated rings. The minimum atomic E-state index is 0.300. The van der Waals surface area contributed by atoms with Gasteiger partial charge < -0.3 is 5.32 Å². The molecular weight excluding hydrogens is 392 g/mol. The van der Waals surface area contributed by atoms with Crippen LogP contribution in [0.2, 0.25) is 0 Å². The summed E-state index contributed by atoms with van der Waals surface area (Å²) in [6, 6.07) is 14.3. The van der Waals surface area contributed by atoms with E-state index in [2.05, 4.69) is 65.2 Å². The Morgan fingerprint density at radius 1 is 1.10 bits per heavy atom. The summed E-state index contributed by atoms with van der Waals surface area (Å²) in [6.45, 7) is 8.68. The third kappa shape index (κ3) is 4.36. The van der Waals surface area contributed by atoms with Gasteiger partial charge in [0, 0.05) is 24.1 Å². The molecule has 6 nitrogen and oxygen atoms in total. The van der Waals surface area contributed by atoms with Gasteiger partial charge in [-0.25, -0.2) is 9.97 Å². The molecule has 0 aliphatic heterocycles. The van der Waals surface area contributed by atoms with Gasteiger partial charge in [-0.05, 0) is 23.6 Å². The van der Waals surface area contributed by atoms with E-state index in [1.54, 1.807) is 11.8 Å². The van der Waals surface area contributed by atoms with Gasteiger partial charge in [0.2, 0.25) is 0 Å². The molecule has 4 aromatic rings. The molecule has 7 heteroatoms. The highest BCUT2D eigenvalue weighted by atomic mass is 32.2. The Morgan fingerprint density at radius 3 is 2.63 bits per heavy atom. The molecule has 0 atom stereocenters. The number of hydrogen-bond donors (Lipinski definition) is 2. The zero-order valence-corrected chi connectivity index (χ0v) is 17.9. The number of nitrogens with zero attached hydrogens (tertiary/aromatic N) is 4. The molecule has 0 radical (unpaired) electrons. The minimum absolute atomic E-state index is 0.300. The van der Waals surface area contributed by atoms with E-state index in [0.29, 0.717) is 12.5 Å². The van der Waals surface area contributed by atoms with Crippen molar-refractivity contribution in [3.05, 3.63) is 72.6 Å². The van der Waals surface area contributed by atoms with Crippen LogP contribution in [0.15, 0.2) is 66.5 Å². The van der Waals surface area contributed by atoms with Gasteiger partial charge in [-0.3, -0.25) is 10.1 Å². The Hall–Kier alpha value is -3.19. The minimum Gasteiger partial charge on any atom is -0.364 e. The third-order valence-corrected chi connectivity index (χ3v) is 5.53. The predicted octanol–water partition coefficient (Wildman–Crippen LogP) is 5.43. The van der Waals surface area contributed by atoms with Gasteiger partial charge in [0.1, 0.15) is 5.52 Å². The molecule has 0 saturated carbocycles. The second-order valence-corrected chi connectivity index (χ2v) is 8.20. The maximum absolute atomic E-state index is 4.72. The molecule has 0 unspecified atom stereocenters. The van der Waals surface area contributed by atoms with Crippen molar-refractivity contribution in [2.24, 2.45) is 0 Å². The smallest absolute Gasteiger partial charge is 0.190 e. The number of rotatable bonds is 8. The maximum atomic E-state index is 4.72. The molecule has 4 rings (SSSR count). The Morgan fingerprint density at radius 2 is 1.93 bits per heavy atom. The summed E-state index contributed by atoms with van der Waals surface area (Å²) in [5, 5.41) is 11.8. The van der Waals surface area contributed by atoms with Gasteiger partial charge in [0.05, 0.1) is 11.4 Å². The van der Waals surface area contributed by atoms with Gasteiger partial charge in [-0.15, -0.1) is 6.58 Å². The first-order valence-corrected chi connectivity index (χ1v) is 10.9. The number of H-pyrrole nitrogens is 1. The van der Waals surface area contributed by atoms with Crippen molar-refractivity contribution in [2.45, 2.75) is 31.5 Å². The first kappa shape index (κ1) is 20.1. The first-order valence-electron chi connectivity index (χ1n) is 9.89. The normalized spacial score (nSPS) is 11.2. The summed E-state index contributed by atoms with van der Waals surface area (Å²) >= 11 is 1.57. The Kier molecular flexibility index (Phi) is 6.09. The maximum Gasteiger partial charge on any atom is 0.190 e. The number of pyridine rings is 1. The lowest BCUT2D eigenvalue weighted by Gasteiger charge is -2.09. The standard InChI is InChI=1S/C23H24N6S/c1-4-13-30-23-26-20-19(15(2)3)28-29-21(20)22(27-23)25-14-16-8-10-17(11-9-16)18-7-5-6-12-24-18/h4-12,15H,1,13-14H2,2-3H3,(H,28,29)(H,25,26,27). The molecule has 1 aromatic carbocycles. The molecule has 3 heterocycles. The van der Waals surface area contributed by atoms with Crippen LogP contribution in [0.1, 0.15) is 31.0 Å². The first-order chi connectivity index (χ1) is 14.7. The SMILES string of the molecule is C=CCSc1nc(NCc2ccc(-c3ccccn3)cc2)c2n[nH]c(C(C)C)c2n1. The Labute approximate surface area is 180 Å². The summed E-state index contributed by atoms with van der Waals surface area (Å²) in [7, 11) is 0. The number of aromatic amines is 1. The summed E-state index contributed by atoms with van der Waals surface area (Å²) in [6.07, 6.45) is 3.66. The van der Waals surface area contributed by atoms with Crippen LogP contribution in [0, 0.1) is 0 Å². The Balaban J connectivity index is 1.57. The van der Waals surface area contributed by atoms with Crippen LogP contribution in [-0.4, -0.2) is 30.9 Å². The molecule has 0 aliphatic carbocycles. The fourth-order valence-corrected chi connectivity index (χ4v) is 3.71. The summed E-state index contributed by atoms with van der Waals surface area (Å²) < 4.78 is 0. The molecule has 3 aromatic heterocycles. The molecule has 0 aliphatic rings. The molecule has 0 spiro atoms. The van der Waals surface area contributed by atoms with Crippen molar-refractivity contribution in [3.8, 4) is 11.3 Å². The lowest BCUT2D eigenvalue weighted by Crippen LogP contribution is -2.04. The van der Waals surface area contributed by atoms with Crippen LogP contribution in [0.3, 0.4) is 0 Å². The monoisotopic (exact) mass is 416 g/mol. The molecule has 0 amide bonds. The summed E-state index contributed by atoms with van der Waals surface area (Å²) in [4.78, 5) is 13.8. The number of benzene rings is 1. The van der Waals surface area contributed by atoms with Crippen LogP contribution in [0.5, 0.6) is 0 Å². The van der Waals surface area contributed by atoms with E-state index in [4.69, 9.17) is 9.97 Å². The van der Waals surface area contributed by atoms with Crippen molar-refractivity contribution in [2.75, 3.05) is 11.1 Å². The lowest BCUT2D eigenvalue weighted by molar-refractivity contribution is 0.814. The largest absolute Gasteiger partial charge is 0.364 e. The van der Waals surface area contributed by atoms with Gasteiger partial charge in [0.15, 0.2) is 16.5 Å². The Bertz CT molecular complexity index is 1140. The average molecular weight is 417 g/mol. The number of fused-ring (bicyclic) bond motifs is 1. The molecule has 2 N–H and O–H groups in total. The van der Waals surface area contributed by atoms with E-state index in [1.807, 2.05) is 30.5 Å². The van der Waals surface area contributed by atoms with Gasteiger partial charge in [-0.1, -0.05) is 62.0 Å². The molecule has 0 bridgehead atoms. The number of anilines is 1. The number of aromatic nitrogens is 5. The summed E-state index contributed by atoms with van der Waals surface area (Å²) in [5.41, 5.74) is 5.89. The highest BCUT2D eigenvalue weighted by molar-refractivity contribution is 7.99. The van der Waals surface area contributed by atoms with Crippen LogP contribution in [0.25, 0.3) is 22.3 Å². The second kappa shape index (κ2) is 9.09. The highest BCUT2D eigenvalue weighted by Crippen LogP contribution is 2.28. The van der Waals surface area contributed by atoms with Crippen molar-refractivity contribution >= 4 is 28.6 Å². The van der Waals surface area contributed by atoms with E-state index in [-0.39, 0.29) is 0 Å². The van der Waals surface area contributed by atoms with Crippen LogP contribution < -0.4 is 5.32 Å². The van der Waals surface area contributed by atoms with Crippen LogP contribution in [0.4, 0.5) is 5.82 Å². The highest BCUT2D eigenvalue weighted by Gasteiger charge is 2.16. The van der Waals surface area contributed by atoms with Gasteiger partial charge >= 0.3 is 0 Å². The zero-order valence-electron chi connectivity index (χ0n) is 17.1. The van der Waals surface area contributed by atoms with Crippen molar-refractivity contribution in [1.29, 1.82) is 0 Å². The van der Waals surface area contributed by atoms with Crippen LogP contribution in [-0.2, 0) is 6.54 Å². The quantitative estimate of drug-likeness (QED) is 0.227. The summed E-state index contributed by atoms with van der Waals surface area (Å²) in [5.74, 6) is 1.80. The molecule has 30 heavy (non-hydrogen) atoms. The van der Waals surface area contributed by atoms with Crippen LogP contribution >= 0.6 is 11.8 Å². The molecular formula is C23H24N6S. The van der Waals surface area contributed by atoms with Gasteiger partial charge in [-0.2, -0.15) is 5.10 Å². The fourth-order valence-electron chi connectivity index (χ4n) is 3.13.